The molecule has 0 fully saturated rings. The third-order valence-corrected chi connectivity index (χ3v) is 3.00. The third kappa shape index (κ3) is 2.09. The summed E-state index contributed by atoms with van der Waals surface area (Å²) in [6, 6.07) is 8.11. The van der Waals surface area contributed by atoms with Crippen molar-refractivity contribution in [2.24, 2.45) is 4.99 Å². The van der Waals surface area contributed by atoms with Gasteiger partial charge < -0.3 is 10.1 Å². The summed E-state index contributed by atoms with van der Waals surface area (Å²) in [5.41, 5.74) is 1.07. The first kappa shape index (κ1) is 10.4. The lowest BCUT2D eigenvalue weighted by atomic mass is 10.2. The fourth-order valence-corrected chi connectivity index (χ4v) is 1.67. The molecule has 0 saturated heterocycles. The van der Waals surface area contributed by atoms with Crippen molar-refractivity contribution in [3.05, 3.63) is 29.8 Å². The van der Waals surface area contributed by atoms with Gasteiger partial charge in [-0.1, -0.05) is 0 Å². The second-order valence-corrected chi connectivity index (χ2v) is 4.08. The maximum absolute atomic E-state index is 5.10. The molecular weight excluding hydrogens is 208 g/mol. The number of nitrogens with zero attached hydrogens (tertiary/aromatic N) is 1. The van der Waals surface area contributed by atoms with Crippen LogP contribution in [0.25, 0.3) is 0 Å². The Kier molecular flexibility index (Phi) is 2.86. The summed E-state index contributed by atoms with van der Waals surface area (Å²) in [5.74, 6) is 1.76. The SMILES string of the molecule is COc1ccc(C2=NC(S)C(C)N2)cc1. The minimum Gasteiger partial charge on any atom is -0.497 e. The fraction of sp³-hybridized carbons (Fsp3) is 0.364. The number of rotatable bonds is 2. The zero-order valence-electron chi connectivity index (χ0n) is 8.77. The number of aliphatic imine (C=N–C) groups is 1. The van der Waals surface area contributed by atoms with E-state index in [-0.39, 0.29) is 11.4 Å². The molecule has 1 N–H and O–H groups in total. The molecule has 1 aromatic carbocycles. The fourth-order valence-electron chi connectivity index (χ4n) is 1.48. The van der Waals surface area contributed by atoms with Crippen molar-refractivity contribution in [1.82, 2.24) is 5.32 Å². The van der Waals surface area contributed by atoms with Gasteiger partial charge in [-0.3, -0.25) is 4.99 Å². The van der Waals surface area contributed by atoms with E-state index >= 15 is 0 Å². The van der Waals surface area contributed by atoms with Crippen molar-refractivity contribution < 1.29 is 4.74 Å². The normalized spacial score (nSPS) is 24.6. The molecule has 1 aliphatic rings. The van der Waals surface area contributed by atoms with Crippen molar-refractivity contribution in [3.8, 4) is 5.75 Å². The highest BCUT2D eigenvalue weighted by Crippen LogP contribution is 2.17. The standard InChI is InChI=1S/C11H14N2OS/c1-7-11(15)13-10(12-7)8-3-5-9(14-2)6-4-8/h3-7,11,15H,1-2H3,(H,12,13). The molecule has 80 valence electrons. The van der Waals surface area contributed by atoms with Gasteiger partial charge in [0.2, 0.25) is 0 Å². The van der Waals surface area contributed by atoms with Crippen LogP contribution in [0.5, 0.6) is 5.75 Å². The maximum Gasteiger partial charge on any atom is 0.129 e. The lowest BCUT2D eigenvalue weighted by Crippen LogP contribution is -2.29. The Morgan fingerprint density at radius 3 is 2.47 bits per heavy atom. The Labute approximate surface area is 95.0 Å². The highest BCUT2D eigenvalue weighted by molar-refractivity contribution is 7.81. The smallest absolute Gasteiger partial charge is 0.129 e. The third-order valence-electron chi connectivity index (χ3n) is 2.44. The number of amidine groups is 1. The Morgan fingerprint density at radius 2 is 2.00 bits per heavy atom. The zero-order valence-corrected chi connectivity index (χ0v) is 9.66. The van der Waals surface area contributed by atoms with Gasteiger partial charge in [-0.25, -0.2) is 0 Å². The van der Waals surface area contributed by atoms with Crippen molar-refractivity contribution >= 4 is 18.5 Å². The first-order valence-corrected chi connectivity index (χ1v) is 5.39. The topological polar surface area (TPSA) is 33.6 Å². The van der Waals surface area contributed by atoms with Gasteiger partial charge in [0.05, 0.1) is 13.2 Å². The van der Waals surface area contributed by atoms with E-state index in [9.17, 15) is 0 Å². The first-order valence-electron chi connectivity index (χ1n) is 4.87. The van der Waals surface area contributed by atoms with Gasteiger partial charge in [-0.2, -0.15) is 12.6 Å². The Bertz CT molecular complexity index is 375. The molecule has 2 atom stereocenters. The molecule has 0 aromatic heterocycles. The second-order valence-electron chi connectivity index (χ2n) is 3.55. The van der Waals surface area contributed by atoms with Crippen LogP contribution in [0.3, 0.4) is 0 Å². The molecule has 1 heterocycles. The van der Waals surface area contributed by atoms with Gasteiger partial charge in [-0.15, -0.1) is 0 Å². The van der Waals surface area contributed by atoms with Crippen LogP contribution >= 0.6 is 12.6 Å². The van der Waals surface area contributed by atoms with Crippen LogP contribution in [0, 0.1) is 0 Å². The van der Waals surface area contributed by atoms with E-state index < -0.39 is 0 Å². The van der Waals surface area contributed by atoms with Gasteiger partial charge in [0.25, 0.3) is 0 Å². The first-order chi connectivity index (χ1) is 7.20. The second kappa shape index (κ2) is 4.14. The number of hydrogen-bond acceptors (Lipinski definition) is 4. The van der Waals surface area contributed by atoms with E-state index in [1.54, 1.807) is 7.11 Å². The van der Waals surface area contributed by atoms with Crippen molar-refractivity contribution in [3.63, 3.8) is 0 Å². The van der Waals surface area contributed by atoms with E-state index in [0.717, 1.165) is 17.1 Å². The van der Waals surface area contributed by atoms with Crippen molar-refractivity contribution in [1.29, 1.82) is 0 Å². The summed E-state index contributed by atoms with van der Waals surface area (Å²) >= 11 is 4.36. The quantitative estimate of drug-likeness (QED) is 0.747. The van der Waals surface area contributed by atoms with Gasteiger partial charge >= 0.3 is 0 Å². The van der Waals surface area contributed by atoms with Gasteiger partial charge in [-0.05, 0) is 31.2 Å². The predicted octanol–water partition coefficient (Wildman–Crippen LogP) is 1.69. The molecule has 0 radical (unpaired) electrons. The summed E-state index contributed by atoms with van der Waals surface area (Å²) in [7, 11) is 1.66. The molecule has 0 aliphatic carbocycles. The zero-order chi connectivity index (χ0) is 10.8. The summed E-state index contributed by atoms with van der Waals surface area (Å²) in [5, 5.41) is 3.33. The Morgan fingerprint density at radius 1 is 1.33 bits per heavy atom. The predicted molar refractivity (Wildman–Crippen MR) is 64.9 cm³/mol. The Balaban J connectivity index is 2.20. The van der Waals surface area contributed by atoms with Gasteiger partial charge in [0.1, 0.15) is 17.0 Å². The minimum absolute atomic E-state index is 0.0436. The van der Waals surface area contributed by atoms with Crippen LogP contribution in [0.4, 0.5) is 0 Å². The monoisotopic (exact) mass is 222 g/mol. The van der Waals surface area contributed by atoms with E-state index in [0.29, 0.717) is 0 Å². The molecule has 2 unspecified atom stereocenters. The average Bonchev–Trinajstić information content (AvgIpc) is 2.59. The molecule has 0 bridgehead atoms. The Hall–Kier alpha value is -1.16. The molecular formula is C11H14N2OS. The number of nitrogens with one attached hydrogen (secondary N) is 1. The minimum atomic E-state index is 0.0436. The molecule has 1 aromatic rings. The van der Waals surface area contributed by atoms with Crippen LogP contribution in [0.2, 0.25) is 0 Å². The van der Waals surface area contributed by atoms with Crippen LogP contribution < -0.4 is 10.1 Å². The number of ether oxygens (including phenoxy) is 1. The van der Waals surface area contributed by atoms with E-state index in [2.05, 4.69) is 29.9 Å². The van der Waals surface area contributed by atoms with Crippen molar-refractivity contribution in [2.45, 2.75) is 18.3 Å². The van der Waals surface area contributed by atoms with Gasteiger partial charge in [0, 0.05) is 5.56 Å². The summed E-state index contributed by atoms with van der Waals surface area (Å²) in [6.45, 7) is 2.07. The summed E-state index contributed by atoms with van der Waals surface area (Å²) < 4.78 is 5.10. The van der Waals surface area contributed by atoms with Crippen molar-refractivity contribution in [2.75, 3.05) is 7.11 Å². The lowest BCUT2D eigenvalue weighted by molar-refractivity contribution is 0.415. The van der Waals surface area contributed by atoms with Crippen LogP contribution in [0.1, 0.15) is 12.5 Å². The molecule has 0 spiro atoms. The summed E-state index contributed by atoms with van der Waals surface area (Å²) in [4.78, 5) is 4.42. The molecule has 0 saturated carbocycles. The number of thiol groups is 1. The molecule has 3 nitrogen and oxygen atoms in total. The molecule has 15 heavy (non-hydrogen) atoms. The van der Waals surface area contributed by atoms with Gasteiger partial charge in [0.15, 0.2) is 0 Å². The number of benzene rings is 1. The lowest BCUT2D eigenvalue weighted by Gasteiger charge is -2.08. The van der Waals surface area contributed by atoms with E-state index in [1.165, 1.54) is 0 Å². The molecule has 1 aliphatic heterocycles. The maximum atomic E-state index is 5.10. The highest BCUT2D eigenvalue weighted by Gasteiger charge is 2.21. The molecule has 2 rings (SSSR count). The highest BCUT2D eigenvalue weighted by atomic mass is 32.1. The van der Waals surface area contributed by atoms with Crippen LogP contribution in [-0.4, -0.2) is 24.4 Å². The summed E-state index contributed by atoms with van der Waals surface area (Å²) in [6.07, 6.45) is 0. The number of methoxy groups -OCH3 is 1. The van der Waals surface area contributed by atoms with Crippen LogP contribution in [-0.2, 0) is 0 Å². The molecule has 4 heteroatoms. The largest absolute Gasteiger partial charge is 0.497 e. The number of hydrogen-bond donors (Lipinski definition) is 2. The van der Waals surface area contributed by atoms with E-state index in [1.807, 2.05) is 24.3 Å². The average molecular weight is 222 g/mol. The molecule has 0 amide bonds. The van der Waals surface area contributed by atoms with E-state index in [4.69, 9.17) is 4.74 Å². The van der Waals surface area contributed by atoms with Crippen LogP contribution in [0.15, 0.2) is 29.3 Å².